The Morgan fingerprint density at radius 1 is 1.18 bits per heavy atom. The van der Waals surface area contributed by atoms with E-state index in [-0.39, 0.29) is 5.69 Å². The quantitative estimate of drug-likeness (QED) is 0.859. The second kappa shape index (κ2) is 5.70. The standard InChI is InChI=1S/C14H14Cl2N2O4/c1-14(2,3)22-13(21)17-7-11(19)18(12(17)20)10-5-8(15)4-9(16)6-10/h4-7,19H,1-3H3. The molecule has 0 amide bonds. The number of hydrogen-bond acceptors (Lipinski definition) is 4. The molecule has 0 atom stereocenters. The van der Waals surface area contributed by atoms with Crippen molar-refractivity contribution in [2.45, 2.75) is 26.4 Å². The molecule has 118 valence electrons. The summed E-state index contributed by atoms with van der Waals surface area (Å²) in [7, 11) is 0. The van der Waals surface area contributed by atoms with Crippen molar-refractivity contribution < 1.29 is 14.6 Å². The summed E-state index contributed by atoms with van der Waals surface area (Å²) < 4.78 is 6.68. The fourth-order valence-corrected chi connectivity index (χ4v) is 2.30. The Hall–Kier alpha value is -1.92. The number of ether oxygens (including phenoxy) is 1. The molecule has 0 unspecified atom stereocenters. The van der Waals surface area contributed by atoms with Crippen molar-refractivity contribution in [2.24, 2.45) is 0 Å². The molecule has 0 saturated carbocycles. The van der Waals surface area contributed by atoms with Gasteiger partial charge >= 0.3 is 11.8 Å². The predicted molar refractivity (Wildman–Crippen MR) is 83.3 cm³/mol. The van der Waals surface area contributed by atoms with Crippen LogP contribution in [0.2, 0.25) is 10.0 Å². The Bertz CT molecular complexity index is 767. The van der Waals surface area contributed by atoms with Gasteiger partial charge in [-0.05, 0) is 39.0 Å². The highest BCUT2D eigenvalue weighted by Crippen LogP contribution is 2.23. The monoisotopic (exact) mass is 344 g/mol. The molecule has 0 radical (unpaired) electrons. The number of aromatic nitrogens is 2. The van der Waals surface area contributed by atoms with Crippen molar-refractivity contribution in [3.8, 4) is 11.6 Å². The normalized spacial score (nSPS) is 11.5. The molecule has 1 N–H and O–H groups in total. The van der Waals surface area contributed by atoms with Crippen molar-refractivity contribution in [3.63, 3.8) is 0 Å². The Balaban J connectivity index is 2.52. The fourth-order valence-electron chi connectivity index (χ4n) is 1.79. The number of halogens is 2. The van der Waals surface area contributed by atoms with Crippen LogP contribution in [0.5, 0.6) is 5.88 Å². The van der Waals surface area contributed by atoms with Crippen molar-refractivity contribution in [3.05, 3.63) is 44.9 Å². The van der Waals surface area contributed by atoms with E-state index in [9.17, 15) is 14.7 Å². The van der Waals surface area contributed by atoms with Gasteiger partial charge in [-0.2, -0.15) is 4.57 Å². The van der Waals surface area contributed by atoms with Gasteiger partial charge in [0.15, 0.2) is 0 Å². The van der Waals surface area contributed by atoms with Gasteiger partial charge < -0.3 is 9.84 Å². The van der Waals surface area contributed by atoms with E-state index in [1.807, 2.05) is 0 Å². The number of hydrogen-bond donors (Lipinski definition) is 1. The Kier molecular flexibility index (Phi) is 4.26. The zero-order valence-corrected chi connectivity index (χ0v) is 13.6. The number of rotatable bonds is 1. The summed E-state index contributed by atoms with van der Waals surface area (Å²) in [6, 6.07) is 4.36. The lowest BCUT2D eigenvalue weighted by molar-refractivity contribution is 0.0530. The molecule has 0 fully saturated rings. The summed E-state index contributed by atoms with van der Waals surface area (Å²) in [6.07, 6.45) is 0.0882. The summed E-state index contributed by atoms with van der Waals surface area (Å²) in [5, 5.41) is 10.5. The van der Waals surface area contributed by atoms with Gasteiger partial charge in [0.25, 0.3) is 0 Å². The van der Waals surface area contributed by atoms with Gasteiger partial charge in [-0.15, -0.1) is 0 Å². The van der Waals surface area contributed by atoms with E-state index in [0.29, 0.717) is 14.6 Å². The summed E-state index contributed by atoms with van der Waals surface area (Å²) in [6.45, 7) is 5.01. The van der Waals surface area contributed by atoms with Crippen LogP contribution in [0.3, 0.4) is 0 Å². The highest BCUT2D eigenvalue weighted by molar-refractivity contribution is 6.34. The van der Waals surface area contributed by atoms with Gasteiger partial charge in [-0.3, -0.25) is 0 Å². The summed E-state index contributed by atoms with van der Waals surface area (Å²) in [5.41, 5.74) is -1.32. The van der Waals surface area contributed by atoms with Crippen LogP contribution in [-0.4, -0.2) is 25.9 Å². The predicted octanol–water partition coefficient (Wildman–Crippen LogP) is 3.43. The van der Waals surface area contributed by atoms with Crippen molar-refractivity contribution >= 4 is 29.3 Å². The van der Waals surface area contributed by atoms with E-state index >= 15 is 0 Å². The zero-order chi connectivity index (χ0) is 16.7. The van der Waals surface area contributed by atoms with Gasteiger partial charge in [-0.25, -0.2) is 14.2 Å². The molecule has 22 heavy (non-hydrogen) atoms. The third kappa shape index (κ3) is 3.45. The van der Waals surface area contributed by atoms with Crippen molar-refractivity contribution in [2.75, 3.05) is 0 Å². The van der Waals surface area contributed by atoms with Gasteiger partial charge in [0.1, 0.15) is 5.60 Å². The maximum absolute atomic E-state index is 12.3. The Morgan fingerprint density at radius 3 is 2.23 bits per heavy atom. The number of carbonyl (C=O) groups is 1. The first kappa shape index (κ1) is 16.5. The van der Waals surface area contributed by atoms with Crippen LogP contribution < -0.4 is 5.69 Å². The number of benzene rings is 1. The fraction of sp³-hybridized carbons (Fsp3) is 0.286. The molecule has 0 aliphatic rings. The lowest BCUT2D eigenvalue weighted by Crippen LogP contribution is -2.33. The van der Waals surface area contributed by atoms with Crippen LogP contribution in [0.15, 0.2) is 29.2 Å². The molecule has 6 nitrogen and oxygen atoms in total. The maximum Gasteiger partial charge on any atom is 0.422 e. The molecule has 0 bridgehead atoms. The molecule has 0 saturated heterocycles. The summed E-state index contributed by atoms with van der Waals surface area (Å²) >= 11 is 11.8. The minimum absolute atomic E-state index is 0.238. The highest BCUT2D eigenvalue weighted by atomic mass is 35.5. The highest BCUT2D eigenvalue weighted by Gasteiger charge is 2.23. The van der Waals surface area contributed by atoms with Crippen LogP contribution in [0.25, 0.3) is 5.69 Å². The minimum atomic E-state index is -0.889. The molecular weight excluding hydrogens is 331 g/mol. The molecular formula is C14H14Cl2N2O4. The van der Waals surface area contributed by atoms with E-state index in [4.69, 9.17) is 27.9 Å². The Labute approximate surface area is 136 Å². The number of aromatic hydroxyl groups is 1. The number of carbonyl (C=O) groups excluding carboxylic acids is 1. The topological polar surface area (TPSA) is 73.5 Å². The Morgan fingerprint density at radius 2 is 1.73 bits per heavy atom. The van der Waals surface area contributed by atoms with E-state index in [0.717, 1.165) is 10.8 Å². The SMILES string of the molecule is CC(C)(C)OC(=O)n1cc(O)n(-c2cc(Cl)cc(Cl)c2)c1=O. The van der Waals surface area contributed by atoms with E-state index < -0.39 is 23.3 Å². The zero-order valence-electron chi connectivity index (χ0n) is 12.1. The van der Waals surface area contributed by atoms with Crippen molar-refractivity contribution in [1.29, 1.82) is 0 Å². The average Bonchev–Trinajstić information content (AvgIpc) is 2.61. The van der Waals surface area contributed by atoms with Crippen LogP contribution in [0.1, 0.15) is 20.8 Å². The maximum atomic E-state index is 12.3. The largest absolute Gasteiger partial charge is 0.493 e. The second-order valence-electron chi connectivity index (χ2n) is 5.58. The van der Waals surface area contributed by atoms with E-state index in [2.05, 4.69) is 0 Å². The first-order valence-corrected chi connectivity index (χ1v) is 7.07. The average molecular weight is 345 g/mol. The molecule has 1 aromatic carbocycles. The van der Waals surface area contributed by atoms with Crippen LogP contribution in [0, 0.1) is 0 Å². The molecule has 0 spiro atoms. The molecule has 2 aromatic rings. The van der Waals surface area contributed by atoms with E-state index in [1.165, 1.54) is 18.2 Å². The smallest absolute Gasteiger partial charge is 0.422 e. The summed E-state index contributed by atoms with van der Waals surface area (Å²) in [5.74, 6) is -0.436. The first-order valence-electron chi connectivity index (χ1n) is 6.32. The van der Waals surface area contributed by atoms with Gasteiger partial charge in [0.05, 0.1) is 11.9 Å². The molecule has 8 heteroatoms. The van der Waals surface area contributed by atoms with Gasteiger partial charge in [-0.1, -0.05) is 23.2 Å². The number of nitrogens with zero attached hydrogens (tertiary/aromatic N) is 2. The number of imidazole rings is 1. The molecule has 0 aliphatic carbocycles. The summed E-state index contributed by atoms with van der Waals surface area (Å²) in [4.78, 5) is 24.3. The van der Waals surface area contributed by atoms with E-state index in [1.54, 1.807) is 20.8 Å². The van der Waals surface area contributed by atoms with Crippen LogP contribution in [0.4, 0.5) is 4.79 Å². The van der Waals surface area contributed by atoms with Crippen LogP contribution >= 0.6 is 23.2 Å². The molecule has 0 aliphatic heterocycles. The lowest BCUT2D eigenvalue weighted by atomic mass is 10.2. The lowest BCUT2D eigenvalue weighted by Gasteiger charge is -2.18. The first-order chi connectivity index (χ1) is 10.1. The van der Waals surface area contributed by atoms with Crippen LogP contribution in [-0.2, 0) is 4.74 Å². The third-order valence-corrected chi connectivity index (χ3v) is 3.00. The molecule has 1 heterocycles. The minimum Gasteiger partial charge on any atom is -0.493 e. The molecule has 1 aromatic heterocycles. The molecule has 2 rings (SSSR count). The third-order valence-electron chi connectivity index (χ3n) is 2.57. The van der Waals surface area contributed by atoms with Gasteiger partial charge in [0, 0.05) is 10.0 Å². The van der Waals surface area contributed by atoms with Crippen molar-refractivity contribution in [1.82, 2.24) is 9.13 Å². The second-order valence-corrected chi connectivity index (χ2v) is 6.46. The van der Waals surface area contributed by atoms with Gasteiger partial charge in [0.2, 0.25) is 5.88 Å².